The van der Waals surface area contributed by atoms with Crippen molar-refractivity contribution in [3.05, 3.63) is 60.9 Å². The molecule has 9 nitrogen and oxygen atoms in total. The molecule has 1 atom stereocenters. The Bertz CT molecular complexity index is 1330. The maximum atomic E-state index is 11.8. The van der Waals surface area contributed by atoms with Crippen LogP contribution in [0.15, 0.2) is 60.9 Å². The number of rotatable bonds is 7. The minimum atomic E-state index is -0.534. The predicted octanol–water partition coefficient (Wildman–Crippen LogP) is 5.39. The summed E-state index contributed by atoms with van der Waals surface area (Å²) in [7, 11) is 0. The first-order chi connectivity index (χ1) is 17.3. The van der Waals surface area contributed by atoms with E-state index in [0.29, 0.717) is 5.75 Å². The molecular weight excluding hydrogens is 458 g/mol. The summed E-state index contributed by atoms with van der Waals surface area (Å²) in [6.07, 6.45) is 7.04. The van der Waals surface area contributed by atoms with E-state index in [0.717, 1.165) is 54.0 Å². The Hall–Kier alpha value is -3.85. The molecule has 2 aromatic heterocycles. The van der Waals surface area contributed by atoms with Crippen molar-refractivity contribution in [3.8, 4) is 11.4 Å². The van der Waals surface area contributed by atoms with Crippen molar-refractivity contribution in [1.29, 1.82) is 0 Å². The fraction of sp³-hybridized carbons (Fsp3) is 0.370. The van der Waals surface area contributed by atoms with Gasteiger partial charge < -0.3 is 19.5 Å². The van der Waals surface area contributed by atoms with Gasteiger partial charge in [-0.05, 0) is 82.5 Å². The Balaban J connectivity index is 1.21. The number of esters is 1. The Morgan fingerprint density at radius 3 is 2.72 bits per heavy atom. The number of nitrogens with zero attached hydrogens (tertiary/aromatic N) is 4. The molecule has 188 valence electrons. The first-order valence-electron chi connectivity index (χ1n) is 12.2. The highest BCUT2D eigenvalue weighted by molar-refractivity contribution is 5.83. The second-order valence-electron chi connectivity index (χ2n) is 9.82. The van der Waals surface area contributed by atoms with Crippen LogP contribution in [0.3, 0.4) is 0 Å². The second-order valence-corrected chi connectivity index (χ2v) is 9.82. The third-order valence-corrected chi connectivity index (χ3v) is 5.76. The smallest absolute Gasteiger partial charge is 0.344 e. The Morgan fingerprint density at radius 1 is 1.14 bits per heavy atom. The van der Waals surface area contributed by atoms with Crippen LogP contribution in [0.25, 0.3) is 16.6 Å². The zero-order valence-corrected chi connectivity index (χ0v) is 20.8. The van der Waals surface area contributed by atoms with E-state index in [2.05, 4.69) is 27.6 Å². The van der Waals surface area contributed by atoms with Gasteiger partial charge in [-0.3, -0.25) is 0 Å². The number of carbonyl (C=O) groups excluding carboxylic acids is 1. The van der Waals surface area contributed by atoms with Gasteiger partial charge in [0.1, 0.15) is 11.4 Å². The number of hydrogen-bond acceptors (Lipinski definition) is 7. The van der Waals surface area contributed by atoms with E-state index in [1.807, 2.05) is 62.1 Å². The quantitative estimate of drug-likeness (QED) is 0.348. The predicted molar refractivity (Wildman–Crippen MR) is 137 cm³/mol. The van der Waals surface area contributed by atoms with Crippen molar-refractivity contribution in [2.45, 2.75) is 51.9 Å². The third-order valence-electron chi connectivity index (χ3n) is 5.76. The van der Waals surface area contributed by atoms with Crippen molar-refractivity contribution in [2.24, 2.45) is 0 Å². The fourth-order valence-corrected chi connectivity index (χ4v) is 4.17. The van der Waals surface area contributed by atoms with Crippen LogP contribution in [-0.4, -0.2) is 44.3 Å². The standard InChI is InChI=1S/C27H31N5O4/c1-27(2,3)36-26(33)18-35-22-10-8-21(9-11-22)31-14-13-24(30-31)29-20-7-12-23-19(16-20)17-28-32(23)25-6-4-5-15-34-25/h7-14,16-17,25H,4-6,15,18H2,1-3H3,(H,29,30). The Labute approximate surface area is 210 Å². The fourth-order valence-electron chi connectivity index (χ4n) is 4.17. The van der Waals surface area contributed by atoms with Crippen LogP contribution < -0.4 is 10.1 Å². The number of nitrogens with one attached hydrogen (secondary N) is 1. The van der Waals surface area contributed by atoms with Crippen LogP contribution in [-0.2, 0) is 14.3 Å². The van der Waals surface area contributed by atoms with E-state index >= 15 is 0 Å². The molecule has 2 aromatic carbocycles. The van der Waals surface area contributed by atoms with Crippen LogP contribution in [0.4, 0.5) is 11.5 Å². The number of aromatic nitrogens is 4. The molecule has 1 fully saturated rings. The molecule has 3 heterocycles. The van der Waals surface area contributed by atoms with Crippen molar-refractivity contribution in [3.63, 3.8) is 0 Å². The van der Waals surface area contributed by atoms with Gasteiger partial charge in [0, 0.05) is 29.9 Å². The molecule has 1 aliphatic rings. The number of ether oxygens (including phenoxy) is 3. The lowest BCUT2D eigenvalue weighted by molar-refractivity contribution is -0.157. The molecule has 0 amide bonds. The van der Waals surface area contributed by atoms with Crippen LogP contribution in [0.5, 0.6) is 5.75 Å². The highest BCUT2D eigenvalue weighted by Gasteiger charge is 2.19. The first-order valence-corrected chi connectivity index (χ1v) is 12.2. The number of hydrogen-bond donors (Lipinski definition) is 1. The summed E-state index contributed by atoms with van der Waals surface area (Å²) in [4.78, 5) is 11.8. The van der Waals surface area contributed by atoms with Crippen molar-refractivity contribution >= 4 is 28.4 Å². The lowest BCUT2D eigenvalue weighted by Crippen LogP contribution is -2.27. The Kier molecular flexibility index (Phi) is 6.65. The highest BCUT2D eigenvalue weighted by Crippen LogP contribution is 2.28. The van der Waals surface area contributed by atoms with Gasteiger partial charge in [0.2, 0.25) is 0 Å². The number of benzene rings is 2. The van der Waals surface area contributed by atoms with E-state index in [9.17, 15) is 4.79 Å². The molecule has 0 aliphatic carbocycles. The van der Waals surface area contributed by atoms with Crippen LogP contribution >= 0.6 is 0 Å². The van der Waals surface area contributed by atoms with Crippen molar-refractivity contribution < 1.29 is 19.0 Å². The average molecular weight is 490 g/mol. The van der Waals surface area contributed by atoms with Gasteiger partial charge in [-0.2, -0.15) is 10.2 Å². The summed E-state index contributed by atoms with van der Waals surface area (Å²) in [5.74, 6) is 0.910. The normalized spacial score (nSPS) is 16.1. The first kappa shape index (κ1) is 23.9. The average Bonchev–Trinajstić information content (AvgIpc) is 3.50. The number of fused-ring (bicyclic) bond motifs is 1. The third kappa shape index (κ3) is 5.68. The summed E-state index contributed by atoms with van der Waals surface area (Å²) < 4.78 is 20.4. The van der Waals surface area contributed by atoms with Gasteiger partial charge in [-0.1, -0.05) is 0 Å². The van der Waals surface area contributed by atoms with E-state index in [-0.39, 0.29) is 12.8 Å². The molecular formula is C27H31N5O4. The van der Waals surface area contributed by atoms with Gasteiger partial charge in [-0.25, -0.2) is 14.2 Å². The summed E-state index contributed by atoms with van der Waals surface area (Å²) in [6, 6.07) is 15.4. The Morgan fingerprint density at radius 2 is 1.97 bits per heavy atom. The number of anilines is 2. The van der Waals surface area contributed by atoms with E-state index in [4.69, 9.17) is 14.2 Å². The lowest BCUT2D eigenvalue weighted by atomic mass is 10.2. The minimum Gasteiger partial charge on any atom is -0.482 e. The molecule has 1 N–H and O–H groups in total. The lowest BCUT2D eigenvalue weighted by Gasteiger charge is -2.23. The van der Waals surface area contributed by atoms with Crippen molar-refractivity contribution in [1.82, 2.24) is 19.6 Å². The van der Waals surface area contributed by atoms with Crippen LogP contribution in [0.1, 0.15) is 46.3 Å². The van der Waals surface area contributed by atoms with Gasteiger partial charge in [0.05, 0.1) is 17.4 Å². The number of carbonyl (C=O) groups is 1. The summed E-state index contributed by atoms with van der Waals surface area (Å²) in [5.41, 5.74) is 2.33. The molecule has 9 heteroatoms. The van der Waals surface area contributed by atoms with Crippen molar-refractivity contribution in [2.75, 3.05) is 18.5 Å². The molecule has 5 rings (SSSR count). The summed E-state index contributed by atoms with van der Waals surface area (Å²) >= 11 is 0. The van der Waals surface area contributed by atoms with E-state index in [1.165, 1.54) is 0 Å². The minimum absolute atomic E-state index is 0.0138. The van der Waals surface area contributed by atoms with E-state index in [1.54, 1.807) is 16.8 Å². The van der Waals surface area contributed by atoms with Gasteiger partial charge in [-0.15, -0.1) is 0 Å². The zero-order chi connectivity index (χ0) is 25.1. The van der Waals surface area contributed by atoms with Gasteiger partial charge in [0.25, 0.3) is 0 Å². The summed E-state index contributed by atoms with van der Waals surface area (Å²) in [6.45, 7) is 6.13. The molecule has 1 saturated heterocycles. The molecule has 0 radical (unpaired) electrons. The maximum Gasteiger partial charge on any atom is 0.344 e. The molecule has 4 aromatic rings. The topological polar surface area (TPSA) is 92.4 Å². The molecule has 0 spiro atoms. The molecule has 0 bridgehead atoms. The highest BCUT2D eigenvalue weighted by atomic mass is 16.6. The summed E-state index contributed by atoms with van der Waals surface area (Å²) in [5, 5.41) is 13.6. The molecule has 1 unspecified atom stereocenters. The van der Waals surface area contributed by atoms with E-state index < -0.39 is 11.6 Å². The SMILES string of the molecule is CC(C)(C)OC(=O)COc1ccc(-n2ccc(Nc3ccc4c(cnn4C4CCCCO4)c3)n2)cc1. The molecule has 1 aliphatic heterocycles. The van der Waals surface area contributed by atoms with Crippen LogP contribution in [0.2, 0.25) is 0 Å². The van der Waals surface area contributed by atoms with Gasteiger partial charge >= 0.3 is 5.97 Å². The molecule has 36 heavy (non-hydrogen) atoms. The maximum absolute atomic E-state index is 11.8. The zero-order valence-electron chi connectivity index (χ0n) is 20.8. The monoisotopic (exact) mass is 489 g/mol. The molecule has 0 saturated carbocycles. The largest absolute Gasteiger partial charge is 0.482 e. The van der Waals surface area contributed by atoms with Gasteiger partial charge in [0.15, 0.2) is 18.7 Å². The van der Waals surface area contributed by atoms with Crippen LogP contribution in [0, 0.1) is 0 Å². The second kappa shape index (κ2) is 10.0.